The molecule has 0 N–H and O–H groups in total. The maximum absolute atomic E-state index is 12.3. The largest absolute Gasteiger partial charge is 0.466 e. The molecule has 0 heterocycles. The molecule has 0 aliphatic heterocycles. The van der Waals surface area contributed by atoms with Gasteiger partial charge in [-0.2, -0.15) is 0 Å². The van der Waals surface area contributed by atoms with Crippen LogP contribution >= 0.6 is 0 Å². The third-order valence-electron chi connectivity index (χ3n) is 10.8. The monoisotopic (exact) mass is 694 g/mol. The van der Waals surface area contributed by atoms with Crippen molar-refractivity contribution in [3.05, 3.63) is 0 Å². The van der Waals surface area contributed by atoms with Gasteiger partial charge in [0.1, 0.15) is 0 Å². The fourth-order valence-electron chi connectivity index (χ4n) is 7.30. The molecule has 0 bridgehead atoms. The topological polar surface area (TPSA) is 55.8 Å². The Kier molecular flexibility index (Phi) is 35.9. The van der Waals surface area contributed by atoms with Crippen molar-refractivity contribution in [2.45, 2.75) is 221 Å². The highest BCUT2D eigenvalue weighted by Gasteiger charge is 2.14. The standard InChI is InChI=1S/C44H87NO4/c1-7-13-27-40(28-14-8-2)35-37-48-43(46)33-25-21-17-19-23-31-42(39-45(11-5)12-6)32-24-20-18-22-26-34-44(47)49-38-36-41(29-15-9-3)30-16-10-4/h40-42H,7-39H2,1-6H3. The smallest absolute Gasteiger partial charge is 0.305 e. The van der Waals surface area contributed by atoms with Crippen LogP contribution in [0.25, 0.3) is 0 Å². The van der Waals surface area contributed by atoms with Crippen molar-refractivity contribution in [3.63, 3.8) is 0 Å². The van der Waals surface area contributed by atoms with Crippen LogP contribution in [-0.2, 0) is 19.1 Å². The van der Waals surface area contributed by atoms with Crippen LogP contribution < -0.4 is 0 Å². The molecule has 0 saturated carbocycles. The molecule has 0 amide bonds. The van der Waals surface area contributed by atoms with E-state index in [0.29, 0.717) is 26.1 Å². The second-order valence-electron chi connectivity index (χ2n) is 15.3. The first-order chi connectivity index (χ1) is 23.9. The molecular weight excluding hydrogens is 606 g/mol. The second kappa shape index (κ2) is 36.7. The van der Waals surface area contributed by atoms with Crippen LogP contribution in [0.5, 0.6) is 0 Å². The molecule has 0 radical (unpaired) electrons. The lowest BCUT2D eigenvalue weighted by atomic mass is 9.93. The summed E-state index contributed by atoms with van der Waals surface area (Å²) in [7, 11) is 0. The van der Waals surface area contributed by atoms with E-state index in [0.717, 1.165) is 69.4 Å². The Morgan fingerprint density at radius 3 is 1.08 bits per heavy atom. The molecule has 0 saturated heterocycles. The van der Waals surface area contributed by atoms with Gasteiger partial charge >= 0.3 is 11.9 Å². The van der Waals surface area contributed by atoms with Gasteiger partial charge in [-0.05, 0) is 69.4 Å². The molecule has 0 aromatic carbocycles. The lowest BCUT2D eigenvalue weighted by Crippen LogP contribution is -2.29. The number of unbranched alkanes of at least 4 members (excludes halogenated alkanes) is 12. The molecule has 0 aromatic rings. The summed E-state index contributed by atoms with van der Waals surface area (Å²) in [5.74, 6) is 2.24. The minimum atomic E-state index is 0.00738. The highest BCUT2D eigenvalue weighted by molar-refractivity contribution is 5.69. The predicted octanol–water partition coefficient (Wildman–Crippen LogP) is 13.3. The predicted molar refractivity (Wildman–Crippen MR) is 212 cm³/mol. The van der Waals surface area contributed by atoms with Crippen LogP contribution in [0, 0.1) is 17.8 Å². The van der Waals surface area contributed by atoms with Crippen molar-refractivity contribution in [3.8, 4) is 0 Å². The Bertz CT molecular complexity index is 641. The summed E-state index contributed by atoms with van der Waals surface area (Å²) in [6.07, 6.45) is 33.0. The van der Waals surface area contributed by atoms with Gasteiger partial charge in [0.05, 0.1) is 13.2 Å². The molecule has 0 aliphatic rings. The van der Waals surface area contributed by atoms with E-state index in [4.69, 9.17) is 9.47 Å². The number of carbonyl (C=O) groups is 2. The number of esters is 2. The van der Waals surface area contributed by atoms with Crippen LogP contribution in [-0.4, -0.2) is 49.7 Å². The van der Waals surface area contributed by atoms with Crippen LogP contribution in [0.1, 0.15) is 221 Å². The van der Waals surface area contributed by atoms with Crippen LogP contribution in [0.15, 0.2) is 0 Å². The molecule has 49 heavy (non-hydrogen) atoms. The van der Waals surface area contributed by atoms with E-state index in [1.165, 1.54) is 135 Å². The molecular formula is C44H87NO4. The Labute approximate surface area is 307 Å². The van der Waals surface area contributed by atoms with Gasteiger partial charge in [-0.15, -0.1) is 0 Å². The van der Waals surface area contributed by atoms with Crippen LogP contribution in [0.3, 0.4) is 0 Å². The van der Waals surface area contributed by atoms with Gasteiger partial charge in [0.15, 0.2) is 0 Å². The molecule has 0 aliphatic carbocycles. The molecule has 5 nitrogen and oxygen atoms in total. The van der Waals surface area contributed by atoms with Crippen molar-refractivity contribution < 1.29 is 19.1 Å². The fourth-order valence-corrected chi connectivity index (χ4v) is 7.30. The summed E-state index contributed by atoms with van der Waals surface area (Å²) in [6, 6.07) is 0. The van der Waals surface area contributed by atoms with Gasteiger partial charge in [0.25, 0.3) is 0 Å². The molecule has 0 spiro atoms. The lowest BCUT2D eigenvalue weighted by molar-refractivity contribution is -0.145. The highest BCUT2D eigenvalue weighted by Crippen LogP contribution is 2.23. The van der Waals surface area contributed by atoms with Crippen molar-refractivity contribution in [2.24, 2.45) is 17.8 Å². The van der Waals surface area contributed by atoms with Crippen molar-refractivity contribution in [1.29, 1.82) is 0 Å². The first kappa shape index (κ1) is 47.9. The molecule has 0 fully saturated rings. The zero-order valence-electron chi connectivity index (χ0n) is 34.1. The van der Waals surface area contributed by atoms with E-state index in [2.05, 4.69) is 46.4 Å². The van der Waals surface area contributed by atoms with Gasteiger partial charge in [-0.25, -0.2) is 0 Å². The second-order valence-corrected chi connectivity index (χ2v) is 15.3. The SMILES string of the molecule is CCCCC(CCCC)CCOC(=O)CCCCCCCC(CCCCCCCC(=O)OCCC(CCCC)CCCC)CN(CC)CC. The minimum absolute atomic E-state index is 0.00738. The fraction of sp³-hybridized carbons (Fsp3) is 0.955. The van der Waals surface area contributed by atoms with Crippen LogP contribution in [0.2, 0.25) is 0 Å². The molecule has 292 valence electrons. The van der Waals surface area contributed by atoms with Gasteiger partial charge < -0.3 is 14.4 Å². The maximum atomic E-state index is 12.3. The quantitative estimate of drug-likeness (QED) is 0.0476. The van der Waals surface area contributed by atoms with Gasteiger partial charge in [0.2, 0.25) is 0 Å². The molecule has 5 heteroatoms. The normalized spacial score (nSPS) is 11.8. The van der Waals surface area contributed by atoms with E-state index in [9.17, 15) is 9.59 Å². The third-order valence-corrected chi connectivity index (χ3v) is 10.8. The maximum Gasteiger partial charge on any atom is 0.305 e. The van der Waals surface area contributed by atoms with E-state index in [1.807, 2.05) is 0 Å². The number of hydrogen-bond donors (Lipinski definition) is 0. The Morgan fingerprint density at radius 1 is 0.408 bits per heavy atom. The zero-order valence-corrected chi connectivity index (χ0v) is 34.1. The summed E-state index contributed by atoms with van der Waals surface area (Å²) >= 11 is 0. The number of nitrogens with zero attached hydrogens (tertiary/aromatic N) is 1. The van der Waals surface area contributed by atoms with Gasteiger partial charge in [-0.1, -0.05) is 170 Å². The van der Waals surface area contributed by atoms with E-state index in [1.54, 1.807) is 0 Å². The summed E-state index contributed by atoms with van der Waals surface area (Å²) in [5.41, 5.74) is 0. The third kappa shape index (κ3) is 31.4. The molecule has 0 aromatic heterocycles. The number of rotatable bonds is 38. The molecule has 0 unspecified atom stereocenters. The van der Waals surface area contributed by atoms with Gasteiger partial charge in [-0.3, -0.25) is 9.59 Å². The average Bonchev–Trinajstić information content (AvgIpc) is 3.10. The number of hydrogen-bond acceptors (Lipinski definition) is 5. The number of ether oxygens (including phenoxy) is 2. The molecule has 0 atom stereocenters. The van der Waals surface area contributed by atoms with Crippen LogP contribution in [0.4, 0.5) is 0 Å². The number of carbonyl (C=O) groups excluding carboxylic acids is 2. The first-order valence-electron chi connectivity index (χ1n) is 22.0. The first-order valence-corrected chi connectivity index (χ1v) is 22.0. The Morgan fingerprint density at radius 2 is 0.735 bits per heavy atom. The Hall–Kier alpha value is -1.10. The van der Waals surface area contributed by atoms with E-state index < -0.39 is 0 Å². The summed E-state index contributed by atoms with van der Waals surface area (Å²) in [6.45, 7) is 18.3. The zero-order chi connectivity index (χ0) is 36.2. The average molecular weight is 694 g/mol. The molecule has 0 rings (SSSR count). The summed E-state index contributed by atoms with van der Waals surface area (Å²) in [5, 5.41) is 0. The van der Waals surface area contributed by atoms with E-state index in [-0.39, 0.29) is 11.9 Å². The lowest BCUT2D eigenvalue weighted by Gasteiger charge is -2.25. The van der Waals surface area contributed by atoms with Crippen molar-refractivity contribution in [2.75, 3.05) is 32.8 Å². The van der Waals surface area contributed by atoms with Crippen molar-refractivity contribution >= 4 is 11.9 Å². The Balaban J connectivity index is 4.10. The van der Waals surface area contributed by atoms with E-state index >= 15 is 0 Å². The minimum Gasteiger partial charge on any atom is -0.466 e. The highest BCUT2D eigenvalue weighted by atomic mass is 16.5. The van der Waals surface area contributed by atoms with Gasteiger partial charge in [0, 0.05) is 19.4 Å². The summed E-state index contributed by atoms with van der Waals surface area (Å²) < 4.78 is 11.2. The summed E-state index contributed by atoms with van der Waals surface area (Å²) in [4.78, 5) is 27.1. The van der Waals surface area contributed by atoms with Crippen molar-refractivity contribution in [1.82, 2.24) is 4.90 Å².